The number of amides is 1. The van der Waals surface area contributed by atoms with Crippen LogP contribution in [0.5, 0.6) is 5.75 Å². The molecule has 5 nitrogen and oxygen atoms in total. The van der Waals surface area contributed by atoms with Gasteiger partial charge in [-0.25, -0.2) is 0 Å². The number of carbonyl (C=O) groups excluding carboxylic acids is 1. The topological polar surface area (TPSA) is 66.8 Å². The van der Waals surface area contributed by atoms with Gasteiger partial charge in [0.1, 0.15) is 5.75 Å². The molecule has 0 aromatic heterocycles. The number of rotatable bonds is 9. The highest BCUT2D eigenvalue weighted by molar-refractivity contribution is 5.80. The van der Waals surface area contributed by atoms with Gasteiger partial charge in [-0.05, 0) is 25.8 Å². The van der Waals surface area contributed by atoms with E-state index in [-0.39, 0.29) is 37.3 Å². The molecule has 1 aromatic carbocycles. The van der Waals surface area contributed by atoms with E-state index >= 15 is 0 Å². The summed E-state index contributed by atoms with van der Waals surface area (Å²) in [6.07, 6.45) is 0.211. The summed E-state index contributed by atoms with van der Waals surface area (Å²) in [4.78, 5) is 25.0. The Balaban J connectivity index is 2.82. The minimum atomic E-state index is -0.893. The van der Waals surface area contributed by atoms with Crippen LogP contribution in [0.3, 0.4) is 0 Å². The van der Waals surface area contributed by atoms with Crippen molar-refractivity contribution in [2.24, 2.45) is 5.92 Å². The molecule has 0 aliphatic carbocycles. The second-order valence-electron chi connectivity index (χ2n) is 6.33. The van der Waals surface area contributed by atoms with Crippen LogP contribution < -0.4 is 4.74 Å². The molecule has 1 amide bonds. The van der Waals surface area contributed by atoms with Gasteiger partial charge >= 0.3 is 5.97 Å². The number of hydrogen-bond acceptors (Lipinski definition) is 3. The number of carbonyl (C=O) groups is 2. The zero-order valence-corrected chi connectivity index (χ0v) is 14.4. The SMILES string of the molecule is CC(C)CN(CCC(=O)O)C(=O)Cc1ccccc1OC(C)C. The molecule has 1 N–H and O–H groups in total. The van der Waals surface area contributed by atoms with E-state index in [1.807, 2.05) is 52.0 Å². The van der Waals surface area contributed by atoms with Gasteiger partial charge in [-0.2, -0.15) is 0 Å². The van der Waals surface area contributed by atoms with Crippen molar-refractivity contribution in [1.29, 1.82) is 0 Å². The van der Waals surface area contributed by atoms with E-state index in [0.29, 0.717) is 12.3 Å². The van der Waals surface area contributed by atoms with E-state index < -0.39 is 5.97 Å². The van der Waals surface area contributed by atoms with E-state index in [0.717, 1.165) is 5.56 Å². The maximum Gasteiger partial charge on any atom is 0.305 e. The van der Waals surface area contributed by atoms with Crippen molar-refractivity contribution in [2.45, 2.75) is 46.6 Å². The van der Waals surface area contributed by atoms with Crippen molar-refractivity contribution >= 4 is 11.9 Å². The maximum absolute atomic E-state index is 12.6. The smallest absolute Gasteiger partial charge is 0.305 e. The number of para-hydroxylation sites is 1. The second-order valence-corrected chi connectivity index (χ2v) is 6.33. The largest absolute Gasteiger partial charge is 0.491 e. The molecule has 0 unspecified atom stereocenters. The third-order valence-corrected chi connectivity index (χ3v) is 3.21. The number of carboxylic acid groups (broad SMARTS) is 1. The number of carboxylic acids is 1. The molecule has 0 atom stereocenters. The molecule has 23 heavy (non-hydrogen) atoms. The Bertz CT molecular complexity index is 526. The molecule has 1 aromatic rings. The lowest BCUT2D eigenvalue weighted by Gasteiger charge is -2.24. The zero-order valence-electron chi connectivity index (χ0n) is 14.4. The summed E-state index contributed by atoms with van der Waals surface area (Å²) in [6.45, 7) is 8.69. The molecule has 0 aliphatic heterocycles. The minimum absolute atomic E-state index is 0.0324. The zero-order chi connectivity index (χ0) is 17.4. The Labute approximate surface area is 138 Å². The molecule has 1 rings (SSSR count). The second kappa shape index (κ2) is 9.18. The third-order valence-electron chi connectivity index (χ3n) is 3.21. The molecule has 0 bridgehead atoms. The Morgan fingerprint density at radius 1 is 1.17 bits per heavy atom. The number of nitrogens with zero attached hydrogens (tertiary/aromatic N) is 1. The summed E-state index contributed by atoms with van der Waals surface area (Å²) in [5.74, 6) is 0.0309. The molecule has 0 spiro atoms. The van der Waals surface area contributed by atoms with Crippen LogP contribution in [-0.4, -0.2) is 41.1 Å². The fraction of sp³-hybridized carbons (Fsp3) is 0.556. The van der Waals surface area contributed by atoms with Gasteiger partial charge in [0.05, 0.1) is 18.9 Å². The highest BCUT2D eigenvalue weighted by atomic mass is 16.5. The first-order valence-corrected chi connectivity index (χ1v) is 8.03. The van der Waals surface area contributed by atoms with Crippen molar-refractivity contribution < 1.29 is 19.4 Å². The monoisotopic (exact) mass is 321 g/mol. The van der Waals surface area contributed by atoms with Crippen molar-refractivity contribution in [3.63, 3.8) is 0 Å². The predicted octanol–water partition coefficient (Wildman–Crippen LogP) is 2.98. The number of hydrogen-bond donors (Lipinski definition) is 1. The Kier molecular flexibility index (Phi) is 7.59. The lowest BCUT2D eigenvalue weighted by Crippen LogP contribution is -2.37. The van der Waals surface area contributed by atoms with E-state index in [2.05, 4.69) is 0 Å². The van der Waals surface area contributed by atoms with Crippen molar-refractivity contribution in [2.75, 3.05) is 13.1 Å². The Hall–Kier alpha value is -2.04. The van der Waals surface area contributed by atoms with Crippen LogP contribution in [0.2, 0.25) is 0 Å². The summed E-state index contributed by atoms with van der Waals surface area (Å²) in [5.41, 5.74) is 0.829. The first-order chi connectivity index (χ1) is 10.8. The van der Waals surface area contributed by atoms with Crippen LogP contribution in [0.15, 0.2) is 24.3 Å². The fourth-order valence-corrected chi connectivity index (χ4v) is 2.28. The molecular weight excluding hydrogens is 294 g/mol. The van der Waals surface area contributed by atoms with E-state index in [9.17, 15) is 9.59 Å². The summed E-state index contributed by atoms with van der Waals surface area (Å²) >= 11 is 0. The highest BCUT2D eigenvalue weighted by Crippen LogP contribution is 2.21. The van der Waals surface area contributed by atoms with Gasteiger partial charge in [0.25, 0.3) is 0 Å². The average Bonchev–Trinajstić information content (AvgIpc) is 2.44. The van der Waals surface area contributed by atoms with Gasteiger partial charge < -0.3 is 14.7 Å². The van der Waals surface area contributed by atoms with E-state index in [4.69, 9.17) is 9.84 Å². The highest BCUT2D eigenvalue weighted by Gasteiger charge is 2.18. The lowest BCUT2D eigenvalue weighted by molar-refractivity contribution is -0.138. The van der Waals surface area contributed by atoms with Crippen LogP contribution in [0, 0.1) is 5.92 Å². The standard InChI is InChI=1S/C18H27NO4/c1-13(2)12-19(10-9-18(21)22)17(20)11-15-7-5-6-8-16(15)23-14(3)4/h5-8,13-14H,9-12H2,1-4H3,(H,21,22). The maximum atomic E-state index is 12.6. The molecule has 0 saturated carbocycles. The van der Waals surface area contributed by atoms with Gasteiger partial charge in [0.2, 0.25) is 5.91 Å². The average molecular weight is 321 g/mol. The van der Waals surface area contributed by atoms with Gasteiger partial charge in [0.15, 0.2) is 0 Å². The summed E-state index contributed by atoms with van der Waals surface area (Å²) in [6, 6.07) is 7.48. The molecule has 5 heteroatoms. The summed E-state index contributed by atoms with van der Waals surface area (Å²) in [5, 5.41) is 8.85. The molecule has 0 saturated heterocycles. The van der Waals surface area contributed by atoms with Gasteiger partial charge in [-0.3, -0.25) is 9.59 Å². The lowest BCUT2D eigenvalue weighted by atomic mass is 10.1. The van der Waals surface area contributed by atoms with Gasteiger partial charge in [-0.15, -0.1) is 0 Å². The molecule has 0 aliphatic rings. The first kappa shape index (κ1) is 19.0. The van der Waals surface area contributed by atoms with Crippen LogP contribution in [0.4, 0.5) is 0 Å². The molecule has 0 fully saturated rings. The Morgan fingerprint density at radius 3 is 2.39 bits per heavy atom. The van der Waals surface area contributed by atoms with Crippen molar-refractivity contribution in [3.05, 3.63) is 29.8 Å². The van der Waals surface area contributed by atoms with Gasteiger partial charge in [0, 0.05) is 18.7 Å². The van der Waals surface area contributed by atoms with E-state index in [1.54, 1.807) is 4.90 Å². The third kappa shape index (κ3) is 7.17. The van der Waals surface area contributed by atoms with Crippen LogP contribution >= 0.6 is 0 Å². The fourth-order valence-electron chi connectivity index (χ4n) is 2.28. The number of benzene rings is 1. The molecule has 128 valence electrons. The normalized spacial score (nSPS) is 10.9. The minimum Gasteiger partial charge on any atom is -0.491 e. The predicted molar refractivity (Wildman–Crippen MR) is 89.6 cm³/mol. The van der Waals surface area contributed by atoms with E-state index in [1.165, 1.54) is 0 Å². The quantitative estimate of drug-likeness (QED) is 0.759. The molecular formula is C18H27NO4. The van der Waals surface area contributed by atoms with Crippen LogP contribution in [0.1, 0.15) is 39.7 Å². The molecule has 0 heterocycles. The van der Waals surface area contributed by atoms with Crippen molar-refractivity contribution in [1.82, 2.24) is 4.90 Å². The first-order valence-electron chi connectivity index (χ1n) is 8.03. The molecule has 0 radical (unpaired) electrons. The number of ether oxygens (including phenoxy) is 1. The van der Waals surface area contributed by atoms with Crippen LogP contribution in [-0.2, 0) is 16.0 Å². The summed E-state index contributed by atoms with van der Waals surface area (Å²) in [7, 11) is 0. The summed E-state index contributed by atoms with van der Waals surface area (Å²) < 4.78 is 5.74. The van der Waals surface area contributed by atoms with Gasteiger partial charge in [-0.1, -0.05) is 32.0 Å². The van der Waals surface area contributed by atoms with Crippen LogP contribution in [0.25, 0.3) is 0 Å². The Morgan fingerprint density at radius 2 is 1.83 bits per heavy atom. The number of aliphatic carboxylic acids is 1. The van der Waals surface area contributed by atoms with Crippen molar-refractivity contribution in [3.8, 4) is 5.75 Å².